The topological polar surface area (TPSA) is 68.5 Å². The van der Waals surface area contributed by atoms with Crippen molar-refractivity contribution in [3.05, 3.63) is 28.3 Å². The predicted octanol–water partition coefficient (Wildman–Crippen LogP) is 0.826. The molecule has 1 fully saturated rings. The smallest absolute Gasteiger partial charge is 0.365 e. The van der Waals surface area contributed by atoms with Crippen LogP contribution in [-0.2, 0) is 4.74 Å². The van der Waals surface area contributed by atoms with Gasteiger partial charge in [-0.15, -0.1) is 0 Å². The fraction of sp³-hybridized carbons (Fsp3) is 0.444. The molecule has 0 radical (unpaired) electrons. The highest BCUT2D eigenvalue weighted by molar-refractivity contribution is 5.42. The van der Waals surface area contributed by atoms with E-state index >= 15 is 0 Å². The molecule has 0 spiro atoms. The number of pyridine rings is 1. The van der Waals surface area contributed by atoms with Gasteiger partial charge in [-0.25, -0.2) is 0 Å². The van der Waals surface area contributed by atoms with Crippen molar-refractivity contribution < 1.29 is 9.66 Å². The van der Waals surface area contributed by atoms with Crippen LogP contribution >= 0.6 is 0 Å². The van der Waals surface area contributed by atoms with E-state index in [9.17, 15) is 10.1 Å². The van der Waals surface area contributed by atoms with Gasteiger partial charge in [0, 0.05) is 25.2 Å². The van der Waals surface area contributed by atoms with Crippen LogP contribution in [0.5, 0.6) is 0 Å². The summed E-state index contributed by atoms with van der Waals surface area (Å²) in [7, 11) is 0. The van der Waals surface area contributed by atoms with Gasteiger partial charge in [0.1, 0.15) is 0 Å². The molecule has 0 atom stereocenters. The van der Waals surface area contributed by atoms with Gasteiger partial charge in [-0.2, -0.15) is 0 Å². The first kappa shape index (κ1) is 9.85. The van der Waals surface area contributed by atoms with Crippen LogP contribution in [0.4, 0.5) is 11.6 Å². The van der Waals surface area contributed by atoms with Crippen molar-refractivity contribution in [3.8, 4) is 0 Å². The van der Waals surface area contributed by atoms with Crippen molar-refractivity contribution in [1.29, 1.82) is 0 Å². The van der Waals surface area contributed by atoms with E-state index in [2.05, 4.69) is 4.98 Å². The van der Waals surface area contributed by atoms with E-state index in [-0.39, 0.29) is 5.82 Å². The number of hydrogen-bond donors (Lipinski definition) is 0. The highest BCUT2D eigenvalue weighted by Gasteiger charge is 2.17. The first-order chi connectivity index (χ1) is 7.27. The lowest BCUT2D eigenvalue weighted by atomic mass is 10.3. The zero-order chi connectivity index (χ0) is 10.7. The zero-order valence-corrected chi connectivity index (χ0v) is 8.13. The second-order valence-corrected chi connectivity index (χ2v) is 3.21. The number of aromatic nitrogens is 1. The lowest BCUT2D eigenvalue weighted by molar-refractivity contribution is -0.389. The van der Waals surface area contributed by atoms with E-state index in [1.807, 2.05) is 4.90 Å². The van der Waals surface area contributed by atoms with Crippen LogP contribution < -0.4 is 4.90 Å². The molecule has 0 amide bonds. The van der Waals surface area contributed by atoms with Crippen molar-refractivity contribution in [3.63, 3.8) is 0 Å². The third-order valence-corrected chi connectivity index (χ3v) is 2.24. The van der Waals surface area contributed by atoms with Crippen LogP contribution in [0.3, 0.4) is 0 Å². The SMILES string of the molecule is O=[N+]([O-])c1cccc(N2CCOCC2)n1. The van der Waals surface area contributed by atoms with Crippen molar-refractivity contribution in [1.82, 2.24) is 4.98 Å². The quantitative estimate of drug-likeness (QED) is 0.533. The number of morpholine rings is 1. The first-order valence-electron chi connectivity index (χ1n) is 4.71. The molecule has 80 valence electrons. The third-order valence-electron chi connectivity index (χ3n) is 2.24. The van der Waals surface area contributed by atoms with E-state index in [4.69, 9.17) is 4.74 Å². The van der Waals surface area contributed by atoms with Crippen molar-refractivity contribution in [2.45, 2.75) is 0 Å². The van der Waals surface area contributed by atoms with E-state index in [1.165, 1.54) is 6.07 Å². The molecule has 2 rings (SSSR count). The third kappa shape index (κ3) is 2.21. The summed E-state index contributed by atoms with van der Waals surface area (Å²) < 4.78 is 5.20. The molecule has 1 aliphatic rings. The van der Waals surface area contributed by atoms with Crippen LogP contribution in [0.1, 0.15) is 0 Å². The minimum atomic E-state index is -0.482. The lowest BCUT2D eigenvalue weighted by Gasteiger charge is -2.25. The molecule has 15 heavy (non-hydrogen) atoms. The van der Waals surface area contributed by atoms with Gasteiger partial charge in [0.25, 0.3) is 0 Å². The molecule has 0 aromatic carbocycles. The molecule has 0 unspecified atom stereocenters. The lowest BCUT2D eigenvalue weighted by Crippen LogP contribution is -2.36. The first-order valence-corrected chi connectivity index (χ1v) is 4.71. The number of rotatable bonds is 2. The molecule has 6 heteroatoms. The summed E-state index contributed by atoms with van der Waals surface area (Å²) in [4.78, 5) is 16.0. The molecule has 6 nitrogen and oxygen atoms in total. The average molecular weight is 209 g/mol. The minimum Gasteiger partial charge on any atom is -0.378 e. The maximum Gasteiger partial charge on any atom is 0.365 e. The molecule has 0 bridgehead atoms. The van der Waals surface area contributed by atoms with Crippen molar-refractivity contribution in [2.75, 3.05) is 31.2 Å². The zero-order valence-electron chi connectivity index (χ0n) is 8.13. The van der Waals surface area contributed by atoms with Gasteiger partial charge in [0.15, 0.2) is 0 Å². The van der Waals surface area contributed by atoms with Crippen LogP contribution in [0, 0.1) is 10.1 Å². The maximum absolute atomic E-state index is 10.5. The molecule has 1 saturated heterocycles. The molecule has 1 aliphatic heterocycles. The molecule has 0 aliphatic carbocycles. The Morgan fingerprint density at radius 3 is 2.80 bits per heavy atom. The van der Waals surface area contributed by atoms with Gasteiger partial charge < -0.3 is 19.8 Å². The predicted molar refractivity (Wildman–Crippen MR) is 53.9 cm³/mol. The Morgan fingerprint density at radius 1 is 1.40 bits per heavy atom. The molecule has 0 N–H and O–H groups in total. The molecule has 0 saturated carbocycles. The highest BCUT2D eigenvalue weighted by atomic mass is 16.6. The molecule has 2 heterocycles. The summed E-state index contributed by atoms with van der Waals surface area (Å²) in [6, 6.07) is 4.82. The van der Waals surface area contributed by atoms with E-state index in [1.54, 1.807) is 12.1 Å². The number of anilines is 1. The van der Waals surface area contributed by atoms with Crippen LogP contribution in [0.15, 0.2) is 18.2 Å². The molecular weight excluding hydrogens is 198 g/mol. The Kier molecular flexibility index (Phi) is 2.77. The Hall–Kier alpha value is -1.69. The van der Waals surface area contributed by atoms with Gasteiger partial charge in [-0.05, 0) is 16.0 Å². The number of nitro groups is 1. The van der Waals surface area contributed by atoms with Gasteiger partial charge in [0.05, 0.1) is 13.2 Å². The standard InChI is InChI=1S/C9H11N3O3/c13-12(14)9-3-1-2-8(10-9)11-4-6-15-7-5-11/h1-3H,4-7H2. The summed E-state index contributed by atoms with van der Waals surface area (Å²) in [5.74, 6) is 0.534. The summed E-state index contributed by atoms with van der Waals surface area (Å²) in [6.07, 6.45) is 0. The van der Waals surface area contributed by atoms with Gasteiger partial charge in [-0.1, -0.05) is 0 Å². The number of ether oxygens (including phenoxy) is 1. The Labute approximate surface area is 86.6 Å². The number of nitrogens with zero attached hydrogens (tertiary/aromatic N) is 3. The summed E-state index contributed by atoms with van der Waals surface area (Å²) in [5.41, 5.74) is 0. The summed E-state index contributed by atoms with van der Waals surface area (Å²) in [5, 5.41) is 10.5. The number of hydrogen-bond acceptors (Lipinski definition) is 5. The minimum absolute atomic E-state index is 0.112. The second-order valence-electron chi connectivity index (χ2n) is 3.21. The summed E-state index contributed by atoms with van der Waals surface area (Å²) in [6.45, 7) is 2.75. The Balaban J connectivity index is 2.19. The largest absolute Gasteiger partial charge is 0.378 e. The molecular formula is C9H11N3O3. The van der Waals surface area contributed by atoms with E-state index < -0.39 is 4.92 Å². The second kappa shape index (κ2) is 4.22. The highest BCUT2D eigenvalue weighted by Crippen LogP contribution is 2.16. The normalized spacial score (nSPS) is 16.4. The Bertz CT molecular complexity index is 363. The van der Waals surface area contributed by atoms with E-state index in [0.717, 1.165) is 13.1 Å². The van der Waals surface area contributed by atoms with Gasteiger partial charge in [0.2, 0.25) is 5.82 Å². The fourth-order valence-corrected chi connectivity index (χ4v) is 1.48. The van der Waals surface area contributed by atoms with Crippen molar-refractivity contribution >= 4 is 11.6 Å². The van der Waals surface area contributed by atoms with E-state index in [0.29, 0.717) is 19.0 Å². The fourth-order valence-electron chi connectivity index (χ4n) is 1.48. The maximum atomic E-state index is 10.5. The van der Waals surface area contributed by atoms with Crippen LogP contribution in [0.25, 0.3) is 0 Å². The van der Waals surface area contributed by atoms with Crippen molar-refractivity contribution in [2.24, 2.45) is 0 Å². The Morgan fingerprint density at radius 2 is 2.13 bits per heavy atom. The van der Waals surface area contributed by atoms with Gasteiger partial charge >= 0.3 is 5.82 Å². The van der Waals surface area contributed by atoms with Crippen LogP contribution in [0.2, 0.25) is 0 Å². The molecule has 1 aromatic heterocycles. The molecule has 1 aromatic rings. The summed E-state index contributed by atoms with van der Waals surface area (Å²) >= 11 is 0. The van der Waals surface area contributed by atoms with Gasteiger partial charge in [-0.3, -0.25) is 0 Å². The average Bonchev–Trinajstić information content (AvgIpc) is 2.30. The monoisotopic (exact) mass is 209 g/mol. The van der Waals surface area contributed by atoms with Crippen LogP contribution in [-0.4, -0.2) is 36.2 Å².